The van der Waals surface area contributed by atoms with Crippen LogP contribution in [-0.2, 0) is 16.1 Å². The molecule has 0 aromatic carbocycles. The molecule has 0 bridgehead atoms. The largest absolute Gasteiger partial charge is 0.370 e. The molecule has 0 spiro atoms. The summed E-state index contributed by atoms with van der Waals surface area (Å²) >= 11 is 6.00. The fraction of sp³-hybridized carbons (Fsp3) is 0.333. The lowest BCUT2D eigenvalue weighted by Crippen LogP contribution is -2.31. The molecule has 0 aliphatic carbocycles. The van der Waals surface area contributed by atoms with Gasteiger partial charge < -0.3 is 5.32 Å². The molecule has 1 N–H and O–H groups in total. The first-order valence-electron chi connectivity index (χ1n) is 5.98. The van der Waals surface area contributed by atoms with Crippen LogP contribution in [0.25, 0.3) is 0 Å². The van der Waals surface area contributed by atoms with Gasteiger partial charge in [0.2, 0.25) is 0 Å². The molecule has 1 saturated heterocycles. The number of anilines is 1. The molecule has 1 aliphatic rings. The van der Waals surface area contributed by atoms with Crippen molar-refractivity contribution in [1.82, 2.24) is 14.8 Å². The number of hydrogen-bond donors (Lipinski definition) is 1. The monoisotopic (exact) mass is 296 g/mol. The Morgan fingerprint density at radius 3 is 2.50 bits per heavy atom. The smallest absolute Gasteiger partial charge is 0.334 e. The SMILES string of the molecule is CCNc1ccc(Cl)c(CN2C(=O)C(=O)N(C)C2=O)n1. The number of aromatic nitrogens is 1. The number of pyridine rings is 1. The number of nitrogens with zero attached hydrogens (tertiary/aromatic N) is 3. The fourth-order valence-electron chi connectivity index (χ4n) is 1.78. The average molecular weight is 297 g/mol. The molecule has 1 fully saturated rings. The summed E-state index contributed by atoms with van der Waals surface area (Å²) in [7, 11) is 1.26. The van der Waals surface area contributed by atoms with E-state index in [-0.39, 0.29) is 6.54 Å². The molecule has 20 heavy (non-hydrogen) atoms. The van der Waals surface area contributed by atoms with Crippen LogP contribution >= 0.6 is 11.6 Å². The summed E-state index contributed by atoms with van der Waals surface area (Å²) in [6.07, 6.45) is 0. The van der Waals surface area contributed by atoms with Gasteiger partial charge in [-0.2, -0.15) is 0 Å². The zero-order valence-corrected chi connectivity index (χ0v) is 11.8. The molecule has 2 heterocycles. The quantitative estimate of drug-likeness (QED) is 0.664. The second-order valence-corrected chi connectivity index (χ2v) is 4.60. The number of amides is 4. The van der Waals surface area contributed by atoms with E-state index in [2.05, 4.69) is 10.3 Å². The highest BCUT2D eigenvalue weighted by Crippen LogP contribution is 2.21. The average Bonchev–Trinajstić information content (AvgIpc) is 2.60. The second kappa shape index (κ2) is 5.46. The van der Waals surface area contributed by atoms with Crippen molar-refractivity contribution in [3.8, 4) is 0 Å². The Labute approximate surface area is 120 Å². The third kappa shape index (κ3) is 2.44. The summed E-state index contributed by atoms with van der Waals surface area (Å²) in [5, 5.41) is 3.33. The number of urea groups is 1. The highest BCUT2D eigenvalue weighted by molar-refractivity contribution is 6.44. The molecule has 0 atom stereocenters. The zero-order chi connectivity index (χ0) is 14.9. The van der Waals surface area contributed by atoms with E-state index < -0.39 is 17.8 Å². The number of hydrogen-bond acceptors (Lipinski definition) is 5. The first-order chi connectivity index (χ1) is 9.45. The Hall–Kier alpha value is -2.15. The minimum Gasteiger partial charge on any atom is -0.370 e. The molecule has 7 nitrogen and oxygen atoms in total. The molecule has 0 radical (unpaired) electrons. The van der Waals surface area contributed by atoms with E-state index in [1.165, 1.54) is 7.05 Å². The minimum atomic E-state index is -0.871. The minimum absolute atomic E-state index is 0.133. The lowest BCUT2D eigenvalue weighted by Gasteiger charge is -2.14. The van der Waals surface area contributed by atoms with Crippen LogP contribution in [0, 0.1) is 0 Å². The maximum atomic E-state index is 11.8. The highest BCUT2D eigenvalue weighted by Gasteiger charge is 2.42. The molecule has 1 aliphatic heterocycles. The number of rotatable bonds is 4. The lowest BCUT2D eigenvalue weighted by molar-refractivity contribution is -0.143. The highest BCUT2D eigenvalue weighted by atomic mass is 35.5. The van der Waals surface area contributed by atoms with Crippen LogP contribution in [0.1, 0.15) is 12.6 Å². The van der Waals surface area contributed by atoms with Crippen molar-refractivity contribution in [1.29, 1.82) is 0 Å². The van der Waals surface area contributed by atoms with Gasteiger partial charge in [0.25, 0.3) is 0 Å². The summed E-state index contributed by atoms with van der Waals surface area (Å²) in [6.45, 7) is 2.46. The number of halogens is 1. The molecule has 106 valence electrons. The molecule has 1 aromatic rings. The van der Waals surface area contributed by atoms with Gasteiger partial charge >= 0.3 is 17.8 Å². The molecule has 2 rings (SSSR count). The summed E-state index contributed by atoms with van der Waals surface area (Å²) < 4.78 is 0. The molecular weight excluding hydrogens is 284 g/mol. The van der Waals surface area contributed by atoms with Gasteiger partial charge in [0, 0.05) is 13.6 Å². The Morgan fingerprint density at radius 1 is 1.25 bits per heavy atom. The van der Waals surface area contributed by atoms with Gasteiger partial charge in [0.15, 0.2) is 0 Å². The predicted octanol–water partition coefficient (Wildman–Crippen LogP) is 1.09. The predicted molar refractivity (Wildman–Crippen MR) is 72.1 cm³/mol. The third-order valence-corrected chi connectivity index (χ3v) is 3.18. The lowest BCUT2D eigenvalue weighted by atomic mass is 10.3. The molecular formula is C12H13ClN4O3. The Kier molecular flexibility index (Phi) is 3.89. The maximum absolute atomic E-state index is 11.8. The van der Waals surface area contributed by atoms with Gasteiger partial charge in [0.1, 0.15) is 5.82 Å². The van der Waals surface area contributed by atoms with Crippen LogP contribution in [0.3, 0.4) is 0 Å². The van der Waals surface area contributed by atoms with Gasteiger partial charge in [-0.1, -0.05) is 11.6 Å². The molecule has 0 unspecified atom stereocenters. The van der Waals surface area contributed by atoms with Crippen LogP contribution in [0.4, 0.5) is 10.6 Å². The van der Waals surface area contributed by atoms with E-state index in [1.807, 2.05) is 6.92 Å². The number of carbonyl (C=O) groups is 3. The van der Waals surface area contributed by atoms with Gasteiger partial charge in [-0.25, -0.2) is 14.7 Å². The van der Waals surface area contributed by atoms with Crippen molar-refractivity contribution in [2.24, 2.45) is 0 Å². The van der Waals surface area contributed by atoms with Crippen LogP contribution in [-0.4, -0.2) is 46.2 Å². The topological polar surface area (TPSA) is 82.6 Å². The van der Waals surface area contributed by atoms with Gasteiger partial charge in [-0.15, -0.1) is 0 Å². The number of carbonyl (C=O) groups excluding carboxylic acids is 3. The van der Waals surface area contributed by atoms with Crippen molar-refractivity contribution in [2.75, 3.05) is 18.9 Å². The Bertz CT molecular complexity index is 590. The second-order valence-electron chi connectivity index (χ2n) is 4.19. The van der Waals surface area contributed by atoms with E-state index in [0.717, 1.165) is 9.80 Å². The van der Waals surface area contributed by atoms with Gasteiger partial charge in [0.05, 0.1) is 17.3 Å². The molecule has 8 heteroatoms. The van der Waals surface area contributed by atoms with E-state index in [0.29, 0.717) is 23.1 Å². The summed E-state index contributed by atoms with van der Waals surface area (Å²) in [5.41, 5.74) is 0.356. The van der Waals surface area contributed by atoms with Gasteiger partial charge in [-0.05, 0) is 19.1 Å². The van der Waals surface area contributed by atoms with Crippen molar-refractivity contribution in [2.45, 2.75) is 13.5 Å². The third-order valence-electron chi connectivity index (χ3n) is 2.83. The van der Waals surface area contributed by atoms with E-state index >= 15 is 0 Å². The molecule has 1 aromatic heterocycles. The van der Waals surface area contributed by atoms with Crippen molar-refractivity contribution < 1.29 is 14.4 Å². The molecule has 4 amide bonds. The molecule has 0 saturated carbocycles. The van der Waals surface area contributed by atoms with Crippen molar-refractivity contribution in [3.05, 3.63) is 22.8 Å². The van der Waals surface area contributed by atoms with Crippen LogP contribution in [0.5, 0.6) is 0 Å². The summed E-state index contributed by atoms with van der Waals surface area (Å²) in [5.74, 6) is -1.14. The van der Waals surface area contributed by atoms with Crippen LogP contribution in [0.2, 0.25) is 5.02 Å². The number of likely N-dealkylation sites (N-methyl/N-ethyl adjacent to an activating group) is 1. The fourth-order valence-corrected chi connectivity index (χ4v) is 1.94. The van der Waals surface area contributed by atoms with Gasteiger partial charge in [-0.3, -0.25) is 14.5 Å². The van der Waals surface area contributed by atoms with Crippen molar-refractivity contribution in [3.63, 3.8) is 0 Å². The normalized spacial score (nSPS) is 15.2. The zero-order valence-electron chi connectivity index (χ0n) is 11.0. The first kappa shape index (κ1) is 14.3. The standard InChI is InChI=1S/C12H13ClN4O3/c1-3-14-9-5-4-7(13)8(15-9)6-17-11(19)10(18)16(2)12(17)20/h4-5H,3,6H2,1-2H3,(H,14,15). The first-order valence-corrected chi connectivity index (χ1v) is 6.36. The van der Waals surface area contributed by atoms with E-state index in [9.17, 15) is 14.4 Å². The van der Waals surface area contributed by atoms with Crippen LogP contribution < -0.4 is 5.32 Å². The van der Waals surface area contributed by atoms with Crippen LogP contribution in [0.15, 0.2) is 12.1 Å². The Morgan fingerprint density at radius 2 is 1.95 bits per heavy atom. The Balaban J connectivity index is 2.26. The number of nitrogens with one attached hydrogen (secondary N) is 1. The van der Waals surface area contributed by atoms with E-state index in [4.69, 9.17) is 11.6 Å². The summed E-state index contributed by atoms with van der Waals surface area (Å²) in [6, 6.07) is 2.64. The number of imide groups is 2. The van der Waals surface area contributed by atoms with E-state index in [1.54, 1.807) is 12.1 Å². The summed E-state index contributed by atoms with van der Waals surface area (Å²) in [4.78, 5) is 40.7. The maximum Gasteiger partial charge on any atom is 0.334 e. The van der Waals surface area contributed by atoms with Crippen molar-refractivity contribution >= 4 is 35.3 Å².